The maximum absolute atomic E-state index is 2.82. The summed E-state index contributed by atoms with van der Waals surface area (Å²) in [4.78, 5) is 5.49. The molecule has 4 aliphatic rings. The van der Waals surface area contributed by atoms with Gasteiger partial charge in [-0.3, -0.25) is 0 Å². The first-order chi connectivity index (χ1) is 30.6. The monoisotopic (exact) mass is 871 g/mol. The van der Waals surface area contributed by atoms with Gasteiger partial charge in [-0.15, -0.1) is 11.3 Å². The summed E-state index contributed by atoms with van der Waals surface area (Å²) >= 11 is 1.98. The number of nitrogens with zero attached hydrogens (tertiary/aromatic N) is 2. The molecular formula is C61H67BN2S. The van der Waals surface area contributed by atoms with Gasteiger partial charge in [0, 0.05) is 33.0 Å². The molecule has 2 aliphatic heterocycles. The second kappa shape index (κ2) is 14.0. The number of aryl methyl sites for hydroxylation is 3. The zero-order valence-corrected chi connectivity index (χ0v) is 42.3. The molecule has 65 heavy (non-hydrogen) atoms. The van der Waals surface area contributed by atoms with Gasteiger partial charge < -0.3 is 9.80 Å². The minimum absolute atomic E-state index is 0.0370. The van der Waals surface area contributed by atoms with Crippen LogP contribution in [0.15, 0.2) is 103 Å². The van der Waals surface area contributed by atoms with Gasteiger partial charge in [0.25, 0.3) is 6.71 Å². The molecule has 6 aromatic carbocycles. The smallest absolute Gasteiger partial charge is 0.254 e. The molecule has 2 aliphatic carbocycles. The third-order valence-corrected chi connectivity index (χ3v) is 17.7. The molecule has 0 radical (unpaired) electrons. The van der Waals surface area contributed by atoms with Crippen LogP contribution in [0.5, 0.6) is 0 Å². The SMILES string of the molecule is Cc1cc2c3c(c1)N(c1cc4c(cc1-c1ccccc1)C(C)(C)CCC4(C)C)c1c(ccc4c1C(C)(C)CCC4(C)C)B3c1c(sc3ccc(C)cc13)N2c1ccc(C(C)(C)C)cc1C. The predicted molar refractivity (Wildman–Crippen MR) is 285 cm³/mol. The maximum Gasteiger partial charge on any atom is 0.254 e. The summed E-state index contributed by atoms with van der Waals surface area (Å²) in [5, 5.41) is 2.74. The summed E-state index contributed by atoms with van der Waals surface area (Å²) in [6.07, 6.45) is 4.67. The molecule has 330 valence electrons. The van der Waals surface area contributed by atoms with E-state index in [1.165, 1.54) is 135 Å². The summed E-state index contributed by atoms with van der Waals surface area (Å²) in [6.45, 7) is 34.0. The predicted octanol–water partition coefficient (Wildman–Crippen LogP) is 15.6. The highest BCUT2D eigenvalue weighted by atomic mass is 32.1. The fraction of sp³-hybridized carbons (Fsp3) is 0.377. The number of anilines is 6. The lowest BCUT2D eigenvalue weighted by molar-refractivity contribution is 0.332. The molecule has 0 saturated carbocycles. The first-order valence-corrected chi connectivity index (χ1v) is 25.2. The van der Waals surface area contributed by atoms with Gasteiger partial charge >= 0.3 is 0 Å². The van der Waals surface area contributed by atoms with E-state index in [0.29, 0.717) is 0 Å². The average molecular weight is 871 g/mol. The van der Waals surface area contributed by atoms with Crippen molar-refractivity contribution in [2.45, 2.75) is 150 Å². The Balaban J connectivity index is 1.32. The van der Waals surface area contributed by atoms with Crippen molar-refractivity contribution in [2.24, 2.45) is 0 Å². The summed E-state index contributed by atoms with van der Waals surface area (Å²) in [6, 6.07) is 41.2. The van der Waals surface area contributed by atoms with Gasteiger partial charge in [-0.2, -0.15) is 0 Å². The molecule has 3 heterocycles. The van der Waals surface area contributed by atoms with E-state index in [4.69, 9.17) is 0 Å². The van der Waals surface area contributed by atoms with Crippen molar-refractivity contribution in [1.29, 1.82) is 0 Å². The van der Waals surface area contributed by atoms with Crippen LogP contribution in [0.1, 0.15) is 146 Å². The van der Waals surface area contributed by atoms with Crippen molar-refractivity contribution in [3.8, 4) is 11.1 Å². The lowest BCUT2D eigenvalue weighted by Crippen LogP contribution is -2.62. The molecule has 11 rings (SSSR count). The Bertz CT molecular complexity index is 3130. The lowest BCUT2D eigenvalue weighted by Gasteiger charge is -2.50. The number of hydrogen-bond acceptors (Lipinski definition) is 3. The van der Waals surface area contributed by atoms with Crippen molar-refractivity contribution in [3.63, 3.8) is 0 Å². The Kier molecular flexibility index (Phi) is 9.16. The van der Waals surface area contributed by atoms with E-state index in [2.05, 4.69) is 210 Å². The van der Waals surface area contributed by atoms with Crippen LogP contribution in [0.25, 0.3) is 21.2 Å². The quantitative estimate of drug-likeness (QED) is 0.163. The van der Waals surface area contributed by atoms with Crippen molar-refractivity contribution < 1.29 is 0 Å². The van der Waals surface area contributed by atoms with Crippen LogP contribution < -0.4 is 26.2 Å². The third kappa shape index (κ3) is 6.32. The topological polar surface area (TPSA) is 6.48 Å². The van der Waals surface area contributed by atoms with Gasteiger partial charge in [-0.25, -0.2) is 0 Å². The summed E-state index contributed by atoms with van der Waals surface area (Å²) in [7, 11) is 0. The van der Waals surface area contributed by atoms with Gasteiger partial charge in [0.1, 0.15) is 0 Å². The molecule has 1 aromatic heterocycles. The number of hydrogen-bond donors (Lipinski definition) is 0. The van der Waals surface area contributed by atoms with Crippen LogP contribution in [-0.4, -0.2) is 6.71 Å². The van der Waals surface area contributed by atoms with E-state index in [0.717, 1.165) is 6.42 Å². The minimum atomic E-state index is -0.0380. The van der Waals surface area contributed by atoms with E-state index >= 15 is 0 Å². The molecule has 0 fully saturated rings. The van der Waals surface area contributed by atoms with Crippen molar-refractivity contribution >= 4 is 78.0 Å². The molecule has 0 atom stereocenters. The number of benzene rings is 6. The van der Waals surface area contributed by atoms with Gasteiger partial charge in [-0.1, -0.05) is 148 Å². The molecule has 0 spiro atoms. The van der Waals surface area contributed by atoms with Crippen molar-refractivity contribution in [3.05, 3.63) is 148 Å². The van der Waals surface area contributed by atoms with Gasteiger partial charge in [-0.05, 0) is 176 Å². The van der Waals surface area contributed by atoms with E-state index in [1.807, 2.05) is 11.3 Å². The molecule has 0 amide bonds. The Labute approximate surface area is 394 Å². The van der Waals surface area contributed by atoms with Crippen LogP contribution in [0.4, 0.5) is 33.4 Å². The fourth-order valence-corrected chi connectivity index (χ4v) is 13.7. The van der Waals surface area contributed by atoms with Crippen molar-refractivity contribution in [2.75, 3.05) is 9.80 Å². The Morgan fingerprint density at radius 3 is 1.83 bits per heavy atom. The van der Waals surface area contributed by atoms with Crippen LogP contribution in [0.2, 0.25) is 0 Å². The largest absolute Gasteiger partial charge is 0.310 e. The van der Waals surface area contributed by atoms with Gasteiger partial charge in [0.15, 0.2) is 0 Å². The highest BCUT2D eigenvalue weighted by Gasteiger charge is 2.50. The van der Waals surface area contributed by atoms with Crippen LogP contribution in [0, 0.1) is 20.8 Å². The Morgan fingerprint density at radius 1 is 0.538 bits per heavy atom. The van der Waals surface area contributed by atoms with E-state index in [1.54, 1.807) is 0 Å². The zero-order valence-electron chi connectivity index (χ0n) is 41.5. The summed E-state index contributed by atoms with van der Waals surface area (Å²) in [5.74, 6) is 0. The molecule has 0 unspecified atom stereocenters. The van der Waals surface area contributed by atoms with Gasteiger partial charge in [0.05, 0.1) is 10.7 Å². The van der Waals surface area contributed by atoms with Crippen molar-refractivity contribution in [1.82, 2.24) is 0 Å². The average Bonchev–Trinajstić information content (AvgIpc) is 3.61. The standard InChI is InChI=1S/C61H67BN2S/c1-36-20-25-51-42(30-36)53-56(65-51)64(47-24-21-40(33-38(47)3)57(4,5)6)50-32-37(2)31-49-54(50)62(53)46-23-22-43-52(61(13,14)29-28-58(43,7)8)55(46)63(49)48-35-45-44(59(9,10)26-27-60(45,11)12)34-41(48)39-18-16-15-17-19-39/h15-25,30-35H,26-29H2,1-14H3. The molecule has 4 heteroatoms. The molecule has 7 aromatic rings. The summed E-state index contributed by atoms with van der Waals surface area (Å²) < 4.78 is 1.36. The van der Waals surface area contributed by atoms with Gasteiger partial charge in [0.2, 0.25) is 0 Å². The van der Waals surface area contributed by atoms with Crippen LogP contribution in [0.3, 0.4) is 0 Å². The normalized spacial score (nSPS) is 18.5. The Hall–Kier alpha value is -5.06. The minimum Gasteiger partial charge on any atom is -0.310 e. The molecule has 2 nitrogen and oxygen atoms in total. The van der Waals surface area contributed by atoms with Crippen LogP contribution in [-0.2, 0) is 27.1 Å². The van der Waals surface area contributed by atoms with Crippen LogP contribution >= 0.6 is 11.3 Å². The highest BCUT2D eigenvalue weighted by molar-refractivity contribution is 7.26. The second-order valence-electron chi connectivity index (χ2n) is 24.1. The number of fused-ring (bicyclic) bond motifs is 9. The first kappa shape index (κ1) is 42.6. The Morgan fingerprint density at radius 2 is 1.17 bits per heavy atom. The molecular weight excluding hydrogens is 804 g/mol. The van der Waals surface area contributed by atoms with E-state index in [-0.39, 0.29) is 33.8 Å². The molecule has 0 saturated heterocycles. The lowest BCUT2D eigenvalue weighted by atomic mass is 9.33. The zero-order chi connectivity index (χ0) is 45.9. The fourth-order valence-electron chi connectivity index (χ4n) is 12.5. The third-order valence-electron chi connectivity index (χ3n) is 16.5. The second-order valence-corrected chi connectivity index (χ2v) is 25.2. The highest BCUT2D eigenvalue weighted by Crippen LogP contribution is 2.57. The van der Waals surface area contributed by atoms with E-state index < -0.39 is 0 Å². The first-order valence-electron chi connectivity index (χ1n) is 24.4. The number of thiophene rings is 1. The maximum atomic E-state index is 2.82. The van der Waals surface area contributed by atoms with E-state index in [9.17, 15) is 0 Å². The summed E-state index contributed by atoms with van der Waals surface area (Å²) in [5.41, 5.74) is 25.0. The molecule has 0 N–H and O–H groups in total. The number of rotatable bonds is 3. The molecule has 0 bridgehead atoms.